The zero-order valence-corrected chi connectivity index (χ0v) is 8.54. The molecule has 0 aliphatic rings. The van der Waals surface area contributed by atoms with Gasteiger partial charge in [-0.05, 0) is 30.0 Å². The Hall–Kier alpha value is -2.02. The lowest BCUT2D eigenvalue weighted by Crippen LogP contribution is -1.95. The maximum Gasteiger partial charge on any atom is 0.159 e. The molecule has 4 heteroatoms. The molecule has 2 nitrogen and oxygen atoms in total. The fraction of sp³-hybridized carbons (Fsp3) is 0.167. The lowest BCUT2D eigenvalue weighted by Gasteiger charge is -2.07. The third-order valence-electron chi connectivity index (χ3n) is 2.49. The van der Waals surface area contributed by atoms with Crippen LogP contribution in [0.5, 0.6) is 0 Å². The molecule has 2 rings (SSSR count). The maximum atomic E-state index is 13.1. The van der Waals surface area contributed by atoms with Crippen LogP contribution in [0.4, 0.5) is 8.78 Å². The minimum atomic E-state index is -0.912. The summed E-state index contributed by atoms with van der Waals surface area (Å²) in [7, 11) is 0. The van der Waals surface area contributed by atoms with Gasteiger partial charge in [0.2, 0.25) is 0 Å². The van der Waals surface area contributed by atoms with Crippen LogP contribution in [-0.4, -0.2) is 4.98 Å². The van der Waals surface area contributed by atoms with Crippen LogP contribution in [0.3, 0.4) is 0 Å². The number of benzene rings is 1. The summed E-state index contributed by atoms with van der Waals surface area (Å²) in [6.07, 6.45) is 2.96. The Kier molecular flexibility index (Phi) is 2.53. The summed E-state index contributed by atoms with van der Waals surface area (Å²) >= 11 is 0. The van der Waals surface area contributed by atoms with Gasteiger partial charge in [-0.1, -0.05) is 0 Å². The Bertz CT molecular complexity index is 587. The summed E-state index contributed by atoms with van der Waals surface area (Å²) in [5.74, 6) is -2.22. The van der Waals surface area contributed by atoms with Crippen molar-refractivity contribution in [2.45, 2.75) is 12.8 Å². The van der Waals surface area contributed by atoms with Crippen LogP contribution in [0.1, 0.15) is 18.4 Å². The number of hydrogen-bond donors (Lipinski definition) is 0. The number of nitrogens with zero attached hydrogens (tertiary/aromatic N) is 2. The number of halogens is 2. The number of aromatic nitrogens is 1. The van der Waals surface area contributed by atoms with Gasteiger partial charge in [0.15, 0.2) is 11.6 Å². The molecule has 0 spiro atoms. The average Bonchev–Trinajstić information content (AvgIpc) is 2.29. The lowest BCUT2D eigenvalue weighted by molar-refractivity contribution is 0.511. The van der Waals surface area contributed by atoms with Crippen molar-refractivity contribution in [1.82, 2.24) is 4.98 Å². The van der Waals surface area contributed by atoms with Crippen LogP contribution in [0, 0.1) is 23.0 Å². The van der Waals surface area contributed by atoms with Crippen LogP contribution in [0.25, 0.3) is 10.8 Å². The SMILES string of the molecule is C[C@H](C#N)c1cncc2cc(F)c(F)cc12. The smallest absolute Gasteiger partial charge is 0.159 e. The van der Waals surface area contributed by atoms with E-state index >= 15 is 0 Å². The second kappa shape index (κ2) is 3.86. The molecule has 1 aromatic carbocycles. The molecule has 0 bridgehead atoms. The topological polar surface area (TPSA) is 36.7 Å². The predicted molar refractivity (Wildman–Crippen MR) is 55.7 cm³/mol. The molecule has 0 aliphatic carbocycles. The normalized spacial score (nSPS) is 12.4. The first-order chi connectivity index (χ1) is 7.63. The van der Waals surface area contributed by atoms with Crippen molar-refractivity contribution in [3.63, 3.8) is 0 Å². The molecule has 0 saturated heterocycles. The van der Waals surface area contributed by atoms with Gasteiger partial charge in [-0.25, -0.2) is 8.78 Å². The van der Waals surface area contributed by atoms with Gasteiger partial charge in [0.25, 0.3) is 0 Å². The molecular formula is C12H8F2N2. The van der Waals surface area contributed by atoms with E-state index in [0.29, 0.717) is 16.3 Å². The van der Waals surface area contributed by atoms with E-state index in [1.165, 1.54) is 12.4 Å². The Labute approximate surface area is 91.2 Å². The van der Waals surface area contributed by atoms with E-state index < -0.39 is 17.6 Å². The number of pyridine rings is 1. The highest BCUT2D eigenvalue weighted by molar-refractivity contribution is 5.85. The average molecular weight is 218 g/mol. The highest BCUT2D eigenvalue weighted by Gasteiger charge is 2.12. The Morgan fingerprint density at radius 2 is 1.94 bits per heavy atom. The van der Waals surface area contributed by atoms with Crippen LogP contribution in [0.2, 0.25) is 0 Å². The number of nitriles is 1. The highest BCUT2D eigenvalue weighted by Crippen LogP contribution is 2.26. The third-order valence-corrected chi connectivity index (χ3v) is 2.49. The van der Waals surface area contributed by atoms with Crippen molar-refractivity contribution in [3.05, 3.63) is 41.7 Å². The van der Waals surface area contributed by atoms with Crippen molar-refractivity contribution >= 4 is 10.8 Å². The Morgan fingerprint density at radius 1 is 1.25 bits per heavy atom. The van der Waals surface area contributed by atoms with E-state index in [1.54, 1.807) is 6.92 Å². The van der Waals surface area contributed by atoms with E-state index in [1.807, 2.05) is 0 Å². The van der Waals surface area contributed by atoms with Crippen LogP contribution in [0.15, 0.2) is 24.5 Å². The Balaban J connectivity index is 2.78. The second-order valence-corrected chi connectivity index (χ2v) is 3.57. The number of fused-ring (bicyclic) bond motifs is 1. The van der Waals surface area contributed by atoms with Crippen LogP contribution >= 0.6 is 0 Å². The molecule has 0 amide bonds. The molecule has 2 aromatic rings. The fourth-order valence-electron chi connectivity index (χ4n) is 1.60. The van der Waals surface area contributed by atoms with Gasteiger partial charge in [0.05, 0.1) is 12.0 Å². The first-order valence-electron chi connectivity index (χ1n) is 4.75. The second-order valence-electron chi connectivity index (χ2n) is 3.57. The fourth-order valence-corrected chi connectivity index (χ4v) is 1.60. The quantitative estimate of drug-likeness (QED) is 0.737. The molecule has 0 radical (unpaired) electrons. The summed E-state index contributed by atoms with van der Waals surface area (Å²) in [5, 5.41) is 9.86. The molecule has 1 heterocycles. The highest BCUT2D eigenvalue weighted by atomic mass is 19.2. The molecule has 0 unspecified atom stereocenters. The predicted octanol–water partition coefficient (Wildman–Crippen LogP) is 3.14. The molecule has 0 N–H and O–H groups in total. The van der Waals surface area contributed by atoms with Crippen LogP contribution < -0.4 is 0 Å². The van der Waals surface area contributed by atoms with E-state index in [4.69, 9.17) is 5.26 Å². The van der Waals surface area contributed by atoms with Gasteiger partial charge < -0.3 is 0 Å². The standard InChI is InChI=1S/C12H8F2N2/c1-7(4-15)10-6-16-5-8-2-11(13)12(14)3-9(8)10/h2-3,5-7H,1H3/t7-/m1/s1. The summed E-state index contributed by atoms with van der Waals surface area (Å²) < 4.78 is 26.1. The number of rotatable bonds is 1. The first-order valence-corrected chi connectivity index (χ1v) is 4.75. The molecular weight excluding hydrogens is 210 g/mol. The van der Waals surface area contributed by atoms with Crippen molar-refractivity contribution in [2.24, 2.45) is 0 Å². The molecule has 1 atom stereocenters. The summed E-state index contributed by atoms with van der Waals surface area (Å²) in [6, 6.07) is 4.25. The maximum absolute atomic E-state index is 13.1. The summed E-state index contributed by atoms with van der Waals surface area (Å²) in [4.78, 5) is 3.91. The zero-order chi connectivity index (χ0) is 11.7. The van der Waals surface area contributed by atoms with Gasteiger partial charge in [-0.15, -0.1) is 0 Å². The zero-order valence-electron chi connectivity index (χ0n) is 8.54. The van der Waals surface area contributed by atoms with Crippen molar-refractivity contribution < 1.29 is 8.78 Å². The summed E-state index contributed by atoms with van der Waals surface area (Å²) in [6.45, 7) is 1.69. The van der Waals surface area contributed by atoms with E-state index in [-0.39, 0.29) is 0 Å². The molecule has 80 valence electrons. The third kappa shape index (κ3) is 1.61. The molecule has 16 heavy (non-hydrogen) atoms. The van der Waals surface area contributed by atoms with Gasteiger partial charge in [0.1, 0.15) is 0 Å². The van der Waals surface area contributed by atoms with Gasteiger partial charge in [-0.2, -0.15) is 5.26 Å². The molecule has 0 fully saturated rings. The van der Waals surface area contributed by atoms with Crippen molar-refractivity contribution in [3.8, 4) is 6.07 Å². The van der Waals surface area contributed by atoms with Crippen molar-refractivity contribution in [2.75, 3.05) is 0 Å². The van der Waals surface area contributed by atoms with Crippen molar-refractivity contribution in [1.29, 1.82) is 5.26 Å². The van der Waals surface area contributed by atoms with Gasteiger partial charge >= 0.3 is 0 Å². The minimum Gasteiger partial charge on any atom is -0.264 e. The Morgan fingerprint density at radius 3 is 2.62 bits per heavy atom. The summed E-state index contributed by atoms with van der Waals surface area (Å²) in [5.41, 5.74) is 0.610. The number of hydrogen-bond acceptors (Lipinski definition) is 2. The van der Waals surface area contributed by atoms with E-state index in [2.05, 4.69) is 11.1 Å². The van der Waals surface area contributed by atoms with E-state index in [0.717, 1.165) is 12.1 Å². The van der Waals surface area contributed by atoms with E-state index in [9.17, 15) is 8.78 Å². The first kappa shape index (κ1) is 10.5. The van der Waals surface area contributed by atoms with Crippen LogP contribution in [-0.2, 0) is 0 Å². The minimum absolute atomic E-state index is 0.402. The molecule has 0 saturated carbocycles. The largest absolute Gasteiger partial charge is 0.264 e. The monoisotopic (exact) mass is 218 g/mol. The van der Waals surface area contributed by atoms with Gasteiger partial charge in [-0.3, -0.25) is 4.98 Å². The van der Waals surface area contributed by atoms with Gasteiger partial charge in [0, 0.05) is 17.8 Å². The molecule has 1 aromatic heterocycles. The lowest BCUT2D eigenvalue weighted by atomic mass is 9.98. The molecule has 0 aliphatic heterocycles.